The van der Waals surface area contributed by atoms with Crippen LogP contribution in [-0.2, 0) is 0 Å². The molecule has 0 aliphatic carbocycles. The van der Waals surface area contributed by atoms with Crippen LogP contribution in [0.15, 0.2) is 41.0 Å². The van der Waals surface area contributed by atoms with Gasteiger partial charge in [-0.1, -0.05) is 12.1 Å². The molecule has 0 radical (unpaired) electrons. The Hall–Kier alpha value is -2.23. The van der Waals surface area contributed by atoms with E-state index in [1.807, 2.05) is 37.3 Å². The molecule has 1 aromatic carbocycles. The van der Waals surface area contributed by atoms with Gasteiger partial charge in [0.05, 0.1) is 17.5 Å². The highest BCUT2D eigenvalue weighted by Gasteiger charge is 2.32. The number of hydrogen-bond acceptors (Lipinski definition) is 3. The van der Waals surface area contributed by atoms with Gasteiger partial charge in [0, 0.05) is 7.05 Å². The first-order valence-corrected chi connectivity index (χ1v) is 5.85. The lowest BCUT2D eigenvalue weighted by Gasteiger charge is -2.34. The Morgan fingerprint density at radius 1 is 1.28 bits per heavy atom. The van der Waals surface area contributed by atoms with Crippen molar-refractivity contribution in [3.63, 3.8) is 0 Å². The zero-order valence-corrected chi connectivity index (χ0v) is 10.3. The maximum absolute atomic E-state index is 12.3. The van der Waals surface area contributed by atoms with Crippen LogP contribution in [-0.4, -0.2) is 17.9 Å². The van der Waals surface area contributed by atoms with Gasteiger partial charge in [-0.3, -0.25) is 4.79 Å². The summed E-state index contributed by atoms with van der Waals surface area (Å²) in [6.07, 6.45) is 1.36. The molecule has 92 valence electrons. The number of nitrogens with zero attached hydrogens (tertiary/aromatic N) is 1. The average molecular weight is 242 g/mol. The zero-order chi connectivity index (χ0) is 12.7. The van der Waals surface area contributed by atoms with Crippen molar-refractivity contribution in [2.24, 2.45) is 0 Å². The minimum absolute atomic E-state index is 0.00819. The molecule has 4 heteroatoms. The van der Waals surface area contributed by atoms with Crippen LogP contribution in [0.1, 0.15) is 27.8 Å². The van der Waals surface area contributed by atoms with Gasteiger partial charge in [0.25, 0.3) is 5.91 Å². The summed E-state index contributed by atoms with van der Waals surface area (Å²) >= 11 is 0. The van der Waals surface area contributed by atoms with Crippen LogP contribution in [0.4, 0.5) is 5.69 Å². The largest absolute Gasteiger partial charge is 0.465 e. The number of aryl methyl sites for hydroxylation is 1. The van der Waals surface area contributed by atoms with E-state index in [1.54, 1.807) is 18.2 Å². The van der Waals surface area contributed by atoms with Gasteiger partial charge < -0.3 is 14.6 Å². The van der Waals surface area contributed by atoms with Gasteiger partial charge in [-0.25, -0.2) is 0 Å². The summed E-state index contributed by atoms with van der Waals surface area (Å²) in [5.74, 6) is 0.744. The van der Waals surface area contributed by atoms with Gasteiger partial charge in [-0.2, -0.15) is 0 Å². The number of carbonyl (C=O) groups is 1. The monoisotopic (exact) mass is 242 g/mol. The molecule has 0 spiro atoms. The van der Waals surface area contributed by atoms with Gasteiger partial charge in [0.2, 0.25) is 0 Å². The van der Waals surface area contributed by atoms with Crippen LogP contribution in [0.3, 0.4) is 0 Å². The number of carbonyl (C=O) groups excluding carboxylic acids is 1. The molecule has 0 saturated carbocycles. The van der Waals surface area contributed by atoms with Gasteiger partial charge in [-0.15, -0.1) is 0 Å². The van der Waals surface area contributed by atoms with Crippen molar-refractivity contribution < 1.29 is 9.21 Å². The molecule has 1 aliphatic heterocycles. The van der Waals surface area contributed by atoms with E-state index in [0.717, 1.165) is 17.0 Å². The van der Waals surface area contributed by atoms with Crippen molar-refractivity contribution in [2.75, 3.05) is 12.4 Å². The molecule has 1 unspecified atom stereocenters. The van der Waals surface area contributed by atoms with Crippen LogP contribution in [0.2, 0.25) is 0 Å². The summed E-state index contributed by atoms with van der Waals surface area (Å²) in [6.45, 7) is 1.99. The third-order valence-corrected chi connectivity index (χ3v) is 3.30. The van der Waals surface area contributed by atoms with Crippen LogP contribution in [0.5, 0.6) is 0 Å². The van der Waals surface area contributed by atoms with Crippen molar-refractivity contribution in [3.05, 3.63) is 53.5 Å². The Balaban J connectivity index is 2.09. The molecule has 1 N–H and O–H groups in total. The Kier molecular flexibility index (Phi) is 2.37. The van der Waals surface area contributed by atoms with Crippen molar-refractivity contribution in [1.82, 2.24) is 4.90 Å². The second-order valence-electron chi connectivity index (χ2n) is 4.48. The first-order chi connectivity index (χ1) is 8.68. The smallest absolute Gasteiger partial charge is 0.257 e. The Labute approximate surface area is 105 Å². The number of anilines is 1. The summed E-state index contributed by atoms with van der Waals surface area (Å²) in [7, 11) is 1.77. The number of fused-ring (bicyclic) bond motifs is 1. The molecular weight excluding hydrogens is 228 g/mol. The first-order valence-electron chi connectivity index (χ1n) is 5.85. The van der Waals surface area contributed by atoms with E-state index in [4.69, 9.17) is 4.42 Å². The molecule has 2 aromatic rings. The van der Waals surface area contributed by atoms with E-state index in [1.165, 1.54) is 0 Å². The lowest BCUT2D eigenvalue weighted by Crippen LogP contribution is -2.40. The third-order valence-electron chi connectivity index (χ3n) is 3.30. The quantitative estimate of drug-likeness (QED) is 0.836. The highest BCUT2D eigenvalue weighted by Crippen LogP contribution is 2.33. The standard InChI is InChI=1S/C14H14N2O2/c1-9-5-3-6-10-12(9)15-13(16(2)14(10)17)11-7-4-8-18-11/h3-8,13,15H,1-2H3. The molecule has 3 rings (SSSR count). The van der Waals surface area contributed by atoms with Gasteiger partial charge in [-0.05, 0) is 30.7 Å². The van der Waals surface area contributed by atoms with Gasteiger partial charge >= 0.3 is 0 Å². The average Bonchev–Trinajstić information content (AvgIpc) is 2.88. The molecule has 1 amide bonds. The van der Waals surface area contributed by atoms with Crippen LogP contribution < -0.4 is 5.32 Å². The maximum Gasteiger partial charge on any atom is 0.257 e. The van der Waals surface area contributed by atoms with E-state index >= 15 is 0 Å². The lowest BCUT2D eigenvalue weighted by molar-refractivity contribution is 0.0718. The maximum atomic E-state index is 12.3. The molecule has 1 aromatic heterocycles. The number of benzene rings is 1. The van der Waals surface area contributed by atoms with Crippen molar-refractivity contribution >= 4 is 11.6 Å². The fourth-order valence-corrected chi connectivity index (χ4v) is 2.29. The number of hydrogen-bond donors (Lipinski definition) is 1. The normalized spacial score (nSPS) is 18.4. The molecule has 1 atom stereocenters. The van der Waals surface area contributed by atoms with E-state index in [-0.39, 0.29) is 12.1 Å². The highest BCUT2D eigenvalue weighted by atomic mass is 16.3. The summed E-state index contributed by atoms with van der Waals surface area (Å²) in [5, 5.41) is 3.36. The molecule has 2 heterocycles. The molecule has 4 nitrogen and oxygen atoms in total. The van der Waals surface area contributed by atoms with Crippen LogP contribution in [0.25, 0.3) is 0 Å². The second-order valence-corrected chi connectivity index (χ2v) is 4.48. The highest BCUT2D eigenvalue weighted by molar-refractivity contribution is 6.02. The Morgan fingerprint density at radius 3 is 2.83 bits per heavy atom. The van der Waals surface area contributed by atoms with Gasteiger partial charge in [0.15, 0.2) is 6.17 Å². The Morgan fingerprint density at radius 2 is 2.11 bits per heavy atom. The Bertz CT molecular complexity index is 590. The summed E-state index contributed by atoms with van der Waals surface area (Å²) in [5.41, 5.74) is 2.66. The predicted molar refractivity (Wildman–Crippen MR) is 68.3 cm³/mol. The minimum Gasteiger partial charge on any atom is -0.465 e. The van der Waals surface area contributed by atoms with E-state index in [2.05, 4.69) is 5.32 Å². The van der Waals surface area contributed by atoms with E-state index in [9.17, 15) is 4.79 Å². The molecular formula is C14H14N2O2. The van der Waals surface area contributed by atoms with E-state index < -0.39 is 0 Å². The van der Waals surface area contributed by atoms with Crippen molar-refractivity contribution in [1.29, 1.82) is 0 Å². The molecule has 0 saturated heterocycles. The fourth-order valence-electron chi connectivity index (χ4n) is 2.29. The topological polar surface area (TPSA) is 45.5 Å². The predicted octanol–water partition coefficient (Wildman–Crippen LogP) is 2.78. The number of nitrogens with one attached hydrogen (secondary N) is 1. The molecule has 18 heavy (non-hydrogen) atoms. The SMILES string of the molecule is Cc1cccc2c1NC(c1ccco1)N(C)C2=O. The van der Waals surface area contributed by atoms with Crippen molar-refractivity contribution in [2.45, 2.75) is 13.1 Å². The number of rotatable bonds is 1. The van der Waals surface area contributed by atoms with Crippen LogP contribution >= 0.6 is 0 Å². The van der Waals surface area contributed by atoms with Gasteiger partial charge in [0.1, 0.15) is 5.76 Å². The summed E-state index contributed by atoms with van der Waals surface area (Å²) in [6, 6.07) is 9.42. The molecule has 1 aliphatic rings. The van der Waals surface area contributed by atoms with Crippen LogP contribution in [0, 0.1) is 6.92 Å². The number of amides is 1. The molecule has 0 fully saturated rings. The fraction of sp³-hybridized carbons (Fsp3) is 0.214. The van der Waals surface area contributed by atoms with Crippen molar-refractivity contribution in [3.8, 4) is 0 Å². The molecule has 0 bridgehead atoms. The number of furan rings is 1. The summed E-state index contributed by atoms with van der Waals surface area (Å²) < 4.78 is 5.39. The first kappa shape index (κ1) is 10.9. The summed E-state index contributed by atoms with van der Waals surface area (Å²) in [4.78, 5) is 14.0. The minimum atomic E-state index is -0.249. The zero-order valence-electron chi connectivity index (χ0n) is 10.3. The lowest BCUT2D eigenvalue weighted by atomic mass is 10.0. The third kappa shape index (κ3) is 1.49. The second kappa shape index (κ2) is 3.91. The number of para-hydroxylation sites is 1. The van der Waals surface area contributed by atoms with E-state index in [0.29, 0.717) is 5.56 Å².